The Kier molecular flexibility index (Phi) is 2.46. The van der Waals surface area contributed by atoms with Crippen LogP contribution in [-0.4, -0.2) is 22.3 Å². The van der Waals surface area contributed by atoms with Gasteiger partial charge in [0.15, 0.2) is 0 Å². The summed E-state index contributed by atoms with van der Waals surface area (Å²) in [6.07, 6.45) is -2.71. The van der Waals surface area contributed by atoms with Gasteiger partial charge in [0.1, 0.15) is 0 Å². The molecule has 84 valence electrons. The summed E-state index contributed by atoms with van der Waals surface area (Å²) in [6.45, 7) is 0.560. The zero-order chi connectivity index (χ0) is 11.1. The normalized spacial score (nSPS) is 21.5. The number of imidazole rings is 1. The van der Waals surface area contributed by atoms with Gasteiger partial charge >= 0.3 is 6.18 Å². The molecular weight excluding hydrogens is 207 g/mol. The van der Waals surface area contributed by atoms with Crippen LogP contribution in [0.1, 0.15) is 23.9 Å². The van der Waals surface area contributed by atoms with Crippen molar-refractivity contribution in [1.82, 2.24) is 14.9 Å². The van der Waals surface area contributed by atoms with E-state index in [1.807, 2.05) is 0 Å². The minimum absolute atomic E-state index is 0.560. The van der Waals surface area contributed by atoms with Crippen LogP contribution in [-0.2, 0) is 13.5 Å². The molecule has 0 saturated carbocycles. The summed E-state index contributed by atoms with van der Waals surface area (Å²) in [5.74, 6) is 0. The van der Waals surface area contributed by atoms with Crippen molar-refractivity contribution in [3.8, 4) is 0 Å². The van der Waals surface area contributed by atoms with Gasteiger partial charge in [-0.05, 0) is 0 Å². The lowest BCUT2D eigenvalue weighted by atomic mass is 10.0. The van der Waals surface area contributed by atoms with E-state index in [4.69, 9.17) is 0 Å². The Morgan fingerprint density at radius 2 is 2.33 bits per heavy atom. The molecule has 1 N–H and O–H groups in total. The first kappa shape index (κ1) is 10.5. The fourth-order valence-corrected chi connectivity index (χ4v) is 1.99. The number of fused-ring (bicyclic) bond motifs is 1. The molecule has 0 radical (unpaired) electrons. The van der Waals surface area contributed by atoms with Crippen LogP contribution in [0.25, 0.3) is 0 Å². The monoisotopic (exact) mass is 219 g/mol. The summed E-state index contributed by atoms with van der Waals surface area (Å²) in [6, 6.07) is -0.652. The Morgan fingerprint density at radius 1 is 1.60 bits per heavy atom. The maximum atomic E-state index is 12.3. The fourth-order valence-electron chi connectivity index (χ4n) is 1.99. The SMILES string of the molecule is Cn1cnc2c1C(CC(F)(F)F)NCC2. The predicted octanol–water partition coefficient (Wildman–Crippen LogP) is 1.56. The van der Waals surface area contributed by atoms with Crippen LogP contribution < -0.4 is 5.32 Å². The summed E-state index contributed by atoms with van der Waals surface area (Å²) in [4.78, 5) is 4.09. The third kappa shape index (κ3) is 2.14. The number of nitrogens with zero attached hydrogens (tertiary/aromatic N) is 2. The van der Waals surface area contributed by atoms with Gasteiger partial charge in [0.2, 0.25) is 0 Å². The fraction of sp³-hybridized carbons (Fsp3) is 0.667. The quantitative estimate of drug-likeness (QED) is 0.776. The molecule has 0 bridgehead atoms. The van der Waals surface area contributed by atoms with Crippen molar-refractivity contribution in [2.75, 3.05) is 6.54 Å². The number of hydrogen-bond acceptors (Lipinski definition) is 2. The molecule has 0 amide bonds. The standard InChI is InChI=1S/C9H12F3N3/c1-15-5-14-6-2-3-13-7(8(6)15)4-9(10,11)12/h5,7,13H,2-4H2,1H3. The first-order chi connectivity index (χ1) is 6.97. The van der Waals surface area contributed by atoms with Crippen molar-refractivity contribution in [1.29, 1.82) is 0 Å². The van der Waals surface area contributed by atoms with Crippen LogP contribution in [0, 0.1) is 0 Å². The number of hydrogen-bond donors (Lipinski definition) is 1. The van der Waals surface area contributed by atoms with E-state index in [2.05, 4.69) is 10.3 Å². The van der Waals surface area contributed by atoms with Gasteiger partial charge in [-0.25, -0.2) is 4.98 Å². The molecule has 2 heterocycles. The first-order valence-corrected chi connectivity index (χ1v) is 4.77. The third-order valence-corrected chi connectivity index (χ3v) is 2.58. The lowest BCUT2D eigenvalue weighted by Crippen LogP contribution is -2.34. The zero-order valence-electron chi connectivity index (χ0n) is 8.30. The maximum Gasteiger partial charge on any atom is 0.390 e. The highest BCUT2D eigenvalue weighted by Crippen LogP contribution is 2.32. The van der Waals surface area contributed by atoms with Crippen LogP contribution in [0.4, 0.5) is 13.2 Å². The topological polar surface area (TPSA) is 29.9 Å². The molecule has 6 heteroatoms. The van der Waals surface area contributed by atoms with Crippen LogP contribution in [0.3, 0.4) is 0 Å². The van der Waals surface area contributed by atoms with Crippen LogP contribution in [0.15, 0.2) is 6.33 Å². The van der Waals surface area contributed by atoms with Gasteiger partial charge in [-0.2, -0.15) is 13.2 Å². The van der Waals surface area contributed by atoms with E-state index < -0.39 is 18.6 Å². The van der Waals surface area contributed by atoms with E-state index >= 15 is 0 Å². The number of rotatable bonds is 1. The molecule has 15 heavy (non-hydrogen) atoms. The minimum atomic E-state index is -4.14. The molecule has 1 atom stereocenters. The molecular formula is C9H12F3N3. The van der Waals surface area contributed by atoms with E-state index in [9.17, 15) is 13.2 Å². The molecule has 0 saturated heterocycles. The van der Waals surface area contributed by atoms with Gasteiger partial charge < -0.3 is 9.88 Å². The molecule has 1 aliphatic heterocycles. The maximum absolute atomic E-state index is 12.3. The lowest BCUT2D eigenvalue weighted by molar-refractivity contribution is -0.141. The van der Waals surface area contributed by atoms with Crippen LogP contribution >= 0.6 is 0 Å². The highest BCUT2D eigenvalue weighted by molar-refractivity contribution is 5.20. The van der Waals surface area contributed by atoms with Gasteiger partial charge in [-0.15, -0.1) is 0 Å². The van der Waals surface area contributed by atoms with Gasteiger partial charge in [0.05, 0.1) is 30.2 Å². The summed E-state index contributed by atoms with van der Waals surface area (Å²) < 4.78 is 38.6. The van der Waals surface area contributed by atoms with Crippen molar-refractivity contribution < 1.29 is 13.2 Å². The summed E-state index contributed by atoms with van der Waals surface area (Å²) in [7, 11) is 1.72. The molecule has 1 aliphatic rings. The molecule has 0 fully saturated rings. The second-order valence-electron chi connectivity index (χ2n) is 3.76. The van der Waals surface area contributed by atoms with Crippen LogP contribution in [0.2, 0.25) is 0 Å². The Bertz CT molecular complexity index is 356. The minimum Gasteiger partial charge on any atom is -0.336 e. The highest BCUT2D eigenvalue weighted by atomic mass is 19.4. The number of aryl methyl sites for hydroxylation is 1. The van der Waals surface area contributed by atoms with E-state index in [0.717, 1.165) is 5.69 Å². The molecule has 0 spiro atoms. The predicted molar refractivity (Wildman–Crippen MR) is 48.3 cm³/mol. The molecule has 0 aliphatic carbocycles. The van der Waals surface area contributed by atoms with E-state index in [1.165, 1.54) is 0 Å². The number of alkyl halides is 3. The Hall–Kier alpha value is -1.04. The summed E-state index contributed by atoms with van der Waals surface area (Å²) in [5.41, 5.74) is 1.45. The number of nitrogens with one attached hydrogen (secondary N) is 1. The second-order valence-corrected chi connectivity index (χ2v) is 3.76. The average Bonchev–Trinajstić information content (AvgIpc) is 2.46. The number of halogens is 3. The third-order valence-electron chi connectivity index (χ3n) is 2.58. The Morgan fingerprint density at radius 3 is 3.00 bits per heavy atom. The smallest absolute Gasteiger partial charge is 0.336 e. The summed E-state index contributed by atoms with van der Waals surface area (Å²) in [5, 5.41) is 2.88. The van der Waals surface area contributed by atoms with Crippen molar-refractivity contribution in [2.45, 2.75) is 25.1 Å². The van der Waals surface area contributed by atoms with Gasteiger partial charge in [-0.1, -0.05) is 0 Å². The van der Waals surface area contributed by atoms with Gasteiger partial charge in [0.25, 0.3) is 0 Å². The molecule has 1 aromatic heterocycles. The average molecular weight is 219 g/mol. The van der Waals surface area contributed by atoms with Gasteiger partial charge in [-0.3, -0.25) is 0 Å². The van der Waals surface area contributed by atoms with Crippen molar-refractivity contribution >= 4 is 0 Å². The molecule has 1 aromatic rings. The molecule has 3 nitrogen and oxygen atoms in total. The largest absolute Gasteiger partial charge is 0.390 e. The van der Waals surface area contributed by atoms with E-state index in [-0.39, 0.29) is 0 Å². The van der Waals surface area contributed by atoms with Crippen molar-refractivity contribution in [3.05, 3.63) is 17.7 Å². The Balaban J connectivity index is 2.25. The highest BCUT2D eigenvalue weighted by Gasteiger charge is 2.36. The van der Waals surface area contributed by atoms with Crippen molar-refractivity contribution in [2.24, 2.45) is 7.05 Å². The van der Waals surface area contributed by atoms with E-state index in [1.54, 1.807) is 17.9 Å². The molecule has 1 unspecified atom stereocenters. The molecule has 0 aromatic carbocycles. The summed E-state index contributed by atoms with van der Waals surface area (Å²) >= 11 is 0. The molecule has 2 rings (SSSR count). The van der Waals surface area contributed by atoms with Gasteiger partial charge in [0, 0.05) is 20.0 Å². The van der Waals surface area contributed by atoms with Crippen molar-refractivity contribution in [3.63, 3.8) is 0 Å². The zero-order valence-corrected chi connectivity index (χ0v) is 8.30. The second kappa shape index (κ2) is 3.52. The lowest BCUT2D eigenvalue weighted by Gasteiger charge is -2.25. The van der Waals surface area contributed by atoms with Crippen LogP contribution in [0.5, 0.6) is 0 Å². The number of aromatic nitrogens is 2. The van der Waals surface area contributed by atoms with E-state index in [0.29, 0.717) is 18.7 Å². The Labute approximate surface area is 85.3 Å². The first-order valence-electron chi connectivity index (χ1n) is 4.77.